The van der Waals surface area contributed by atoms with Gasteiger partial charge in [-0.15, -0.1) is 0 Å². The highest BCUT2D eigenvalue weighted by Crippen LogP contribution is 2.38. The fraction of sp³-hybridized carbons (Fsp3) is 0.409. The Kier molecular flexibility index (Phi) is 6.59. The first kappa shape index (κ1) is 23.4. The summed E-state index contributed by atoms with van der Waals surface area (Å²) < 4.78 is 66.2. The van der Waals surface area contributed by atoms with Crippen LogP contribution in [0.3, 0.4) is 0 Å². The van der Waals surface area contributed by atoms with Crippen LogP contribution in [-0.2, 0) is 22.6 Å². The van der Waals surface area contributed by atoms with Gasteiger partial charge in [0.2, 0.25) is 10.0 Å². The first-order valence-electron chi connectivity index (χ1n) is 9.85. The number of piperidine rings is 1. The maximum absolute atomic E-state index is 13.0. The van der Waals surface area contributed by atoms with E-state index in [1.807, 2.05) is 0 Å². The van der Waals surface area contributed by atoms with Crippen LogP contribution in [0.4, 0.5) is 13.2 Å². The van der Waals surface area contributed by atoms with Crippen LogP contribution >= 0.6 is 0 Å². The van der Waals surface area contributed by atoms with Gasteiger partial charge < -0.3 is 5.11 Å². The van der Waals surface area contributed by atoms with Gasteiger partial charge in [-0.1, -0.05) is 30.3 Å². The van der Waals surface area contributed by atoms with Crippen LogP contribution in [0.1, 0.15) is 41.3 Å². The molecule has 1 aliphatic heterocycles. The number of benzene rings is 2. The number of carbonyl (C=O) groups is 1. The van der Waals surface area contributed by atoms with E-state index in [1.54, 1.807) is 6.07 Å². The number of hydrogen-bond donors (Lipinski definition) is 1. The van der Waals surface area contributed by atoms with Gasteiger partial charge in [0.25, 0.3) is 0 Å². The lowest BCUT2D eigenvalue weighted by Gasteiger charge is -2.40. The van der Waals surface area contributed by atoms with E-state index in [0.717, 1.165) is 12.1 Å². The molecule has 0 aliphatic carbocycles. The van der Waals surface area contributed by atoms with E-state index in [-0.39, 0.29) is 36.8 Å². The SMILES string of the molecule is CC(=O)c1ccc(S(=O)(=O)N2CCC(CO)(Cc3cccc(C(F)(F)F)c3)CC2)cc1. The summed E-state index contributed by atoms with van der Waals surface area (Å²) in [6.07, 6.45) is -3.57. The van der Waals surface area contributed by atoms with Crippen LogP contribution in [0.15, 0.2) is 53.4 Å². The number of aliphatic hydroxyl groups excluding tert-OH is 1. The molecule has 1 heterocycles. The summed E-state index contributed by atoms with van der Waals surface area (Å²) >= 11 is 0. The number of nitrogens with zero attached hydrogens (tertiary/aromatic N) is 1. The third-order valence-corrected chi connectivity index (χ3v) is 7.76. The highest BCUT2D eigenvalue weighted by Gasteiger charge is 2.39. The number of aliphatic hydroxyl groups is 1. The van der Waals surface area contributed by atoms with E-state index in [0.29, 0.717) is 24.0 Å². The molecule has 0 radical (unpaired) electrons. The lowest BCUT2D eigenvalue weighted by Crippen LogP contribution is -2.45. The van der Waals surface area contributed by atoms with E-state index in [9.17, 15) is 31.5 Å². The maximum Gasteiger partial charge on any atom is 0.416 e. The molecule has 0 amide bonds. The number of ketones is 1. The van der Waals surface area contributed by atoms with E-state index >= 15 is 0 Å². The first-order chi connectivity index (χ1) is 14.5. The average Bonchev–Trinajstić information content (AvgIpc) is 2.73. The molecular formula is C22H24F3NO4S. The number of carbonyl (C=O) groups excluding carboxylic acids is 1. The zero-order valence-corrected chi connectivity index (χ0v) is 17.8. The molecule has 31 heavy (non-hydrogen) atoms. The van der Waals surface area contributed by atoms with Gasteiger partial charge >= 0.3 is 6.18 Å². The molecule has 0 bridgehead atoms. The molecule has 5 nitrogen and oxygen atoms in total. The van der Waals surface area contributed by atoms with Crippen molar-refractivity contribution in [2.24, 2.45) is 5.41 Å². The average molecular weight is 455 g/mol. The molecule has 0 aromatic heterocycles. The number of Topliss-reactive ketones (excluding diaryl/α,β-unsaturated/α-hetero) is 1. The fourth-order valence-electron chi connectivity index (χ4n) is 3.89. The quantitative estimate of drug-likeness (QED) is 0.671. The molecule has 1 saturated heterocycles. The molecule has 1 N–H and O–H groups in total. The molecule has 2 aromatic carbocycles. The van der Waals surface area contributed by atoms with Crippen LogP contribution in [0.25, 0.3) is 0 Å². The third kappa shape index (κ3) is 5.16. The molecule has 0 atom stereocenters. The van der Waals surface area contributed by atoms with Crippen molar-refractivity contribution in [3.8, 4) is 0 Å². The Hall–Kier alpha value is -2.23. The van der Waals surface area contributed by atoms with E-state index in [2.05, 4.69) is 0 Å². The smallest absolute Gasteiger partial charge is 0.396 e. The Morgan fingerprint density at radius 2 is 1.71 bits per heavy atom. The summed E-state index contributed by atoms with van der Waals surface area (Å²) in [6, 6.07) is 10.7. The van der Waals surface area contributed by atoms with Gasteiger partial charge in [-0.2, -0.15) is 17.5 Å². The Labute approximate surface area is 179 Å². The Morgan fingerprint density at radius 1 is 1.10 bits per heavy atom. The lowest BCUT2D eigenvalue weighted by molar-refractivity contribution is -0.137. The molecule has 1 fully saturated rings. The number of hydrogen-bond acceptors (Lipinski definition) is 4. The van der Waals surface area contributed by atoms with Gasteiger partial charge in [0.05, 0.1) is 10.5 Å². The first-order valence-corrected chi connectivity index (χ1v) is 11.3. The number of halogens is 3. The number of rotatable bonds is 6. The van der Waals surface area contributed by atoms with Gasteiger partial charge in [-0.05, 0) is 55.4 Å². The van der Waals surface area contributed by atoms with E-state index in [1.165, 1.54) is 41.6 Å². The van der Waals surface area contributed by atoms with Crippen LogP contribution in [0.5, 0.6) is 0 Å². The van der Waals surface area contributed by atoms with Crippen molar-refractivity contribution in [3.63, 3.8) is 0 Å². The normalized spacial score (nSPS) is 17.5. The summed E-state index contributed by atoms with van der Waals surface area (Å²) in [7, 11) is -3.77. The highest BCUT2D eigenvalue weighted by molar-refractivity contribution is 7.89. The molecular weight excluding hydrogens is 431 g/mol. The second-order valence-electron chi connectivity index (χ2n) is 8.02. The minimum atomic E-state index is -4.45. The Balaban J connectivity index is 1.73. The Morgan fingerprint density at radius 3 is 2.23 bits per heavy atom. The van der Waals surface area contributed by atoms with Crippen molar-refractivity contribution >= 4 is 15.8 Å². The highest BCUT2D eigenvalue weighted by atomic mass is 32.2. The van der Waals surface area contributed by atoms with E-state index in [4.69, 9.17) is 0 Å². The van der Waals surface area contributed by atoms with Crippen molar-refractivity contribution in [2.45, 2.75) is 37.3 Å². The van der Waals surface area contributed by atoms with Gasteiger partial charge in [-0.25, -0.2) is 8.42 Å². The Bertz CT molecular complexity index is 1040. The zero-order chi connectivity index (χ0) is 22.9. The van der Waals surface area contributed by atoms with Crippen LogP contribution in [-0.4, -0.2) is 43.3 Å². The predicted molar refractivity (Wildman–Crippen MR) is 109 cm³/mol. The lowest BCUT2D eigenvalue weighted by atomic mass is 9.75. The van der Waals surface area contributed by atoms with Crippen LogP contribution < -0.4 is 0 Å². The molecule has 2 aromatic rings. The van der Waals surface area contributed by atoms with Crippen molar-refractivity contribution in [1.82, 2.24) is 4.31 Å². The summed E-state index contributed by atoms with van der Waals surface area (Å²) in [4.78, 5) is 11.5. The topological polar surface area (TPSA) is 74.7 Å². The van der Waals surface area contributed by atoms with Gasteiger partial charge in [0.15, 0.2) is 5.78 Å². The minimum Gasteiger partial charge on any atom is -0.396 e. The van der Waals surface area contributed by atoms with Crippen LogP contribution in [0.2, 0.25) is 0 Å². The largest absolute Gasteiger partial charge is 0.416 e. The monoisotopic (exact) mass is 455 g/mol. The van der Waals surface area contributed by atoms with Gasteiger partial charge in [-0.3, -0.25) is 4.79 Å². The zero-order valence-electron chi connectivity index (χ0n) is 17.0. The summed E-state index contributed by atoms with van der Waals surface area (Å²) in [6.45, 7) is 1.45. The molecule has 168 valence electrons. The predicted octanol–water partition coefficient (Wildman–Crippen LogP) is 3.91. The summed E-state index contributed by atoms with van der Waals surface area (Å²) in [5.41, 5.74) is -0.556. The van der Waals surface area contributed by atoms with E-state index < -0.39 is 27.2 Å². The maximum atomic E-state index is 13.0. The molecule has 3 rings (SSSR count). The van der Waals surface area contributed by atoms with Crippen molar-refractivity contribution in [3.05, 3.63) is 65.2 Å². The fourth-order valence-corrected chi connectivity index (χ4v) is 5.33. The molecule has 0 unspecified atom stereocenters. The standard InChI is InChI=1S/C22H24F3NO4S/c1-16(28)18-5-7-20(8-6-18)31(29,30)26-11-9-21(15-27,10-12-26)14-17-3-2-4-19(13-17)22(23,24)25/h2-8,13,27H,9-12,14-15H2,1H3. The van der Waals surface area contributed by atoms with Crippen molar-refractivity contribution < 1.29 is 31.5 Å². The van der Waals surface area contributed by atoms with Crippen molar-refractivity contribution in [2.75, 3.05) is 19.7 Å². The van der Waals surface area contributed by atoms with Crippen LogP contribution in [0, 0.1) is 5.41 Å². The number of alkyl halides is 3. The summed E-state index contributed by atoms with van der Waals surface area (Å²) in [5.74, 6) is -0.163. The molecule has 0 spiro atoms. The summed E-state index contributed by atoms with van der Waals surface area (Å²) in [5, 5.41) is 10.00. The molecule has 0 saturated carbocycles. The molecule has 9 heteroatoms. The third-order valence-electron chi connectivity index (χ3n) is 5.85. The second-order valence-corrected chi connectivity index (χ2v) is 9.96. The minimum absolute atomic E-state index is 0.0758. The number of sulfonamides is 1. The van der Waals surface area contributed by atoms with Gasteiger partial charge in [0, 0.05) is 25.3 Å². The second kappa shape index (κ2) is 8.72. The van der Waals surface area contributed by atoms with Gasteiger partial charge in [0.1, 0.15) is 0 Å². The molecule has 1 aliphatic rings. The van der Waals surface area contributed by atoms with Crippen molar-refractivity contribution in [1.29, 1.82) is 0 Å².